The average Bonchev–Trinajstić information content (AvgIpc) is 2.74. The van der Waals surface area contributed by atoms with Gasteiger partial charge in [0, 0.05) is 37.6 Å². The molecule has 0 saturated carbocycles. The van der Waals surface area contributed by atoms with Crippen LogP contribution in [0.1, 0.15) is 6.92 Å². The topological polar surface area (TPSA) is 73.9 Å². The standard InChI is InChI=1S/C22H27FN4O3/c1-16(22(29)25-19-5-3-4-17(23)14-19)27-12-10-26(11-13-27)15-21(28)24-18-6-8-20(30-2)9-7-18/h3-9,14,16H,10-13,15H2,1-2H3,(H,24,28)(H,25,29). The van der Waals surface area contributed by atoms with Crippen LogP contribution in [0.5, 0.6) is 5.75 Å². The molecule has 7 nitrogen and oxygen atoms in total. The Morgan fingerprint density at radius 3 is 2.37 bits per heavy atom. The Morgan fingerprint density at radius 2 is 1.73 bits per heavy atom. The maximum Gasteiger partial charge on any atom is 0.241 e. The lowest BCUT2D eigenvalue weighted by molar-refractivity contribution is -0.122. The Labute approximate surface area is 175 Å². The van der Waals surface area contributed by atoms with Gasteiger partial charge < -0.3 is 15.4 Å². The summed E-state index contributed by atoms with van der Waals surface area (Å²) in [5.74, 6) is 0.0958. The van der Waals surface area contributed by atoms with Crippen molar-refractivity contribution in [2.75, 3.05) is 50.5 Å². The summed E-state index contributed by atoms with van der Waals surface area (Å²) in [6.07, 6.45) is 0. The highest BCUT2D eigenvalue weighted by Crippen LogP contribution is 2.15. The fourth-order valence-electron chi connectivity index (χ4n) is 3.37. The van der Waals surface area contributed by atoms with E-state index in [1.165, 1.54) is 12.1 Å². The second kappa shape index (κ2) is 10.2. The van der Waals surface area contributed by atoms with Crippen molar-refractivity contribution in [2.45, 2.75) is 13.0 Å². The molecule has 2 N–H and O–H groups in total. The minimum Gasteiger partial charge on any atom is -0.497 e. The summed E-state index contributed by atoms with van der Waals surface area (Å²) in [7, 11) is 1.60. The second-order valence-corrected chi connectivity index (χ2v) is 7.26. The van der Waals surface area contributed by atoms with Gasteiger partial charge in [-0.2, -0.15) is 0 Å². The van der Waals surface area contributed by atoms with Gasteiger partial charge in [0.25, 0.3) is 0 Å². The molecule has 1 aliphatic heterocycles. The van der Waals surface area contributed by atoms with Crippen molar-refractivity contribution in [3.63, 3.8) is 0 Å². The number of carbonyl (C=O) groups is 2. The first-order chi connectivity index (χ1) is 14.4. The molecule has 160 valence electrons. The molecule has 1 fully saturated rings. The zero-order valence-corrected chi connectivity index (χ0v) is 17.2. The van der Waals surface area contributed by atoms with E-state index in [-0.39, 0.29) is 23.7 Å². The van der Waals surface area contributed by atoms with Crippen LogP contribution in [0, 0.1) is 5.82 Å². The van der Waals surface area contributed by atoms with Crippen molar-refractivity contribution < 1.29 is 18.7 Å². The third-order valence-corrected chi connectivity index (χ3v) is 5.17. The van der Waals surface area contributed by atoms with Crippen LogP contribution in [0.15, 0.2) is 48.5 Å². The molecule has 3 rings (SSSR count). The molecule has 0 aromatic heterocycles. The minimum absolute atomic E-state index is 0.0782. The number of anilines is 2. The summed E-state index contributed by atoms with van der Waals surface area (Å²) in [5.41, 5.74) is 1.17. The summed E-state index contributed by atoms with van der Waals surface area (Å²) in [5, 5.41) is 5.63. The van der Waals surface area contributed by atoms with E-state index < -0.39 is 0 Å². The van der Waals surface area contributed by atoms with Crippen LogP contribution in [0.2, 0.25) is 0 Å². The number of ether oxygens (including phenoxy) is 1. The van der Waals surface area contributed by atoms with E-state index in [0.717, 1.165) is 11.4 Å². The monoisotopic (exact) mass is 414 g/mol. The molecule has 1 aliphatic rings. The van der Waals surface area contributed by atoms with Crippen molar-refractivity contribution in [3.8, 4) is 5.75 Å². The molecule has 1 saturated heterocycles. The number of hydrogen-bond acceptors (Lipinski definition) is 5. The van der Waals surface area contributed by atoms with E-state index in [2.05, 4.69) is 20.4 Å². The number of benzene rings is 2. The number of hydrogen-bond donors (Lipinski definition) is 2. The molecular weight excluding hydrogens is 387 g/mol. The lowest BCUT2D eigenvalue weighted by atomic mass is 10.2. The molecule has 1 atom stereocenters. The molecule has 2 aromatic rings. The first-order valence-electron chi connectivity index (χ1n) is 9.91. The van der Waals surface area contributed by atoms with Gasteiger partial charge in [0.1, 0.15) is 11.6 Å². The Kier molecular flexibility index (Phi) is 7.37. The van der Waals surface area contributed by atoms with Gasteiger partial charge in [-0.25, -0.2) is 4.39 Å². The summed E-state index contributed by atoms with van der Waals surface area (Å²) >= 11 is 0. The summed E-state index contributed by atoms with van der Waals surface area (Å²) < 4.78 is 18.4. The van der Waals surface area contributed by atoms with Crippen LogP contribution in [0.3, 0.4) is 0 Å². The number of halogens is 1. The second-order valence-electron chi connectivity index (χ2n) is 7.26. The molecular formula is C22H27FN4O3. The molecule has 1 unspecified atom stereocenters. The van der Waals surface area contributed by atoms with E-state index >= 15 is 0 Å². The fraction of sp³-hybridized carbons (Fsp3) is 0.364. The van der Waals surface area contributed by atoms with E-state index in [1.807, 2.05) is 6.92 Å². The Hall–Kier alpha value is -2.97. The molecule has 0 bridgehead atoms. The van der Waals surface area contributed by atoms with Crippen LogP contribution in [0.4, 0.5) is 15.8 Å². The number of rotatable bonds is 7. The number of nitrogens with one attached hydrogen (secondary N) is 2. The van der Waals surface area contributed by atoms with Gasteiger partial charge in [0.15, 0.2) is 0 Å². The first kappa shape index (κ1) is 21.7. The van der Waals surface area contributed by atoms with E-state index in [9.17, 15) is 14.0 Å². The van der Waals surface area contributed by atoms with Crippen LogP contribution in [-0.2, 0) is 9.59 Å². The van der Waals surface area contributed by atoms with Gasteiger partial charge >= 0.3 is 0 Å². The van der Waals surface area contributed by atoms with Crippen LogP contribution in [-0.4, -0.2) is 67.5 Å². The van der Waals surface area contributed by atoms with Gasteiger partial charge in [-0.15, -0.1) is 0 Å². The zero-order valence-electron chi connectivity index (χ0n) is 17.2. The van der Waals surface area contributed by atoms with Crippen LogP contribution < -0.4 is 15.4 Å². The van der Waals surface area contributed by atoms with Gasteiger partial charge in [-0.3, -0.25) is 19.4 Å². The largest absolute Gasteiger partial charge is 0.497 e. The molecule has 0 spiro atoms. The quantitative estimate of drug-likeness (QED) is 0.728. The van der Waals surface area contributed by atoms with Crippen molar-refractivity contribution in [1.82, 2.24) is 9.80 Å². The number of methoxy groups -OCH3 is 1. The van der Waals surface area contributed by atoms with Crippen molar-refractivity contribution in [3.05, 3.63) is 54.3 Å². The highest BCUT2D eigenvalue weighted by molar-refractivity contribution is 5.94. The summed E-state index contributed by atoms with van der Waals surface area (Å²) in [6.45, 7) is 4.85. The van der Waals surface area contributed by atoms with Gasteiger partial charge in [0.05, 0.1) is 19.7 Å². The normalized spacial score (nSPS) is 16.0. The maximum atomic E-state index is 13.3. The molecule has 2 aromatic carbocycles. The van der Waals surface area contributed by atoms with Gasteiger partial charge in [0.2, 0.25) is 11.8 Å². The van der Waals surface area contributed by atoms with Gasteiger partial charge in [-0.1, -0.05) is 6.07 Å². The van der Waals surface area contributed by atoms with E-state index in [0.29, 0.717) is 38.4 Å². The molecule has 0 radical (unpaired) electrons. The molecule has 30 heavy (non-hydrogen) atoms. The number of nitrogens with zero attached hydrogens (tertiary/aromatic N) is 2. The predicted molar refractivity (Wildman–Crippen MR) is 114 cm³/mol. The first-order valence-corrected chi connectivity index (χ1v) is 9.91. The van der Waals surface area contributed by atoms with Crippen molar-refractivity contribution >= 4 is 23.2 Å². The van der Waals surface area contributed by atoms with Gasteiger partial charge in [-0.05, 0) is 49.4 Å². The van der Waals surface area contributed by atoms with Crippen LogP contribution in [0.25, 0.3) is 0 Å². The third kappa shape index (κ3) is 6.01. The summed E-state index contributed by atoms with van der Waals surface area (Å²) in [6, 6.07) is 12.7. The fourth-order valence-corrected chi connectivity index (χ4v) is 3.37. The maximum absolute atomic E-state index is 13.3. The lowest BCUT2D eigenvalue weighted by Gasteiger charge is -2.37. The van der Waals surface area contributed by atoms with E-state index in [1.54, 1.807) is 43.5 Å². The molecule has 2 amide bonds. The predicted octanol–water partition coefficient (Wildman–Crippen LogP) is 2.42. The molecule has 0 aliphatic carbocycles. The SMILES string of the molecule is COc1ccc(NC(=O)CN2CCN(C(C)C(=O)Nc3cccc(F)c3)CC2)cc1. The average molecular weight is 414 g/mol. The third-order valence-electron chi connectivity index (χ3n) is 5.17. The summed E-state index contributed by atoms with van der Waals surface area (Å²) in [4.78, 5) is 28.9. The number of carbonyl (C=O) groups excluding carboxylic acids is 2. The number of amides is 2. The van der Waals surface area contributed by atoms with Crippen LogP contribution >= 0.6 is 0 Å². The molecule has 8 heteroatoms. The lowest BCUT2D eigenvalue weighted by Crippen LogP contribution is -2.53. The van der Waals surface area contributed by atoms with E-state index in [4.69, 9.17) is 4.74 Å². The van der Waals surface area contributed by atoms with Crippen molar-refractivity contribution in [2.24, 2.45) is 0 Å². The minimum atomic E-state index is -0.387. The highest BCUT2D eigenvalue weighted by Gasteiger charge is 2.26. The Balaban J connectivity index is 1.43. The Bertz CT molecular complexity index is 867. The highest BCUT2D eigenvalue weighted by atomic mass is 19.1. The number of piperazine rings is 1. The van der Waals surface area contributed by atoms with Crippen molar-refractivity contribution in [1.29, 1.82) is 0 Å². The zero-order chi connectivity index (χ0) is 21.5. The smallest absolute Gasteiger partial charge is 0.241 e. The Morgan fingerprint density at radius 1 is 1.03 bits per heavy atom. The molecule has 1 heterocycles.